The summed E-state index contributed by atoms with van der Waals surface area (Å²) in [5.41, 5.74) is 4.19. The number of aryl methyl sites for hydroxylation is 1. The first-order valence-corrected chi connectivity index (χ1v) is 29.2. The Hall–Kier alpha value is -8.82. The molecule has 4 atom stereocenters. The number of nitrogens with one attached hydrogen (secondary N) is 2. The van der Waals surface area contributed by atoms with E-state index in [1.165, 1.54) is 28.9 Å². The lowest BCUT2D eigenvalue weighted by Crippen LogP contribution is -2.59. The molecule has 0 radical (unpaired) electrons. The van der Waals surface area contributed by atoms with Crippen molar-refractivity contribution in [3.63, 3.8) is 0 Å². The van der Waals surface area contributed by atoms with Gasteiger partial charge in [0.2, 0.25) is 11.9 Å². The molecular weight excluding hydrogens is 1080 g/mol. The highest BCUT2D eigenvalue weighted by Gasteiger charge is 2.47. The number of carbonyl (C=O) groups is 5. The number of likely N-dealkylation sites (N-methyl/N-ethyl adjacent to an activating group) is 2. The molecule has 4 aliphatic rings. The number of rotatable bonds is 18. The lowest BCUT2D eigenvalue weighted by atomic mass is 9.81. The van der Waals surface area contributed by atoms with E-state index < -0.39 is 29.9 Å². The fourth-order valence-corrected chi connectivity index (χ4v) is 12.3. The SMILES string of the molecule is COc1ccc(C(=O)N2C[C@H](C)N(CC3CCN(c4nc(C(CC(CN(C)C(=O)OCc5ccccc5)N(C)C(=O)O)(OC5CC5)c5ccccc5)c5cc(-c6cn(C)c(=O)c7[nH]ccc67)ccc5n4)CC3)C[C@H]2C)cc1N1CCC(=O)NC1=O. The van der Waals surface area contributed by atoms with Crippen molar-refractivity contribution in [2.24, 2.45) is 13.0 Å². The molecule has 3 N–H and O–H groups in total. The smallest absolute Gasteiger partial charge is 0.409 e. The number of piperidine rings is 1. The minimum absolute atomic E-state index is 0.0333. The molecule has 3 aromatic heterocycles. The van der Waals surface area contributed by atoms with Gasteiger partial charge in [0, 0.05) is 126 Å². The monoisotopic (exact) mass is 1160 g/mol. The Balaban J connectivity index is 0.898. The molecule has 3 aliphatic heterocycles. The number of carboxylic acid groups (broad SMARTS) is 1. The van der Waals surface area contributed by atoms with Gasteiger partial charge in [0.1, 0.15) is 23.5 Å². The zero-order valence-electron chi connectivity index (χ0n) is 48.9. The Kier molecular flexibility index (Phi) is 16.6. The predicted octanol–water partition coefficient (Wildman–Crippen LogP) is 8.44. The van der Waals surface area contributed by atoms with E-state index in [9.17, 15) is 33.9 Å². The number of benzene rings is 4. The first kappa shape index (κ1) is 58.0. The average molecular weight is 1160 g/mol. The fraction of sp³-hybridized carbons (Fsp3) is 0.406. The Bertz CT molecular complexity index is 3700. The molecule has 4 aromatic carbocycles. The number of piperazine rings is 1. The summed E-state index contributed by atoms with van der Waals surface area (Å²) in [6.45, 7) is 7.74. The number of methoxy groups -OCH3 is 1. The number of nitrogens with zero attached hydrogens (tertiary/aromatic N) is 9. The number of urea groups is 1. The number of fused-ring (bicyclic) bond motifs is 2. The maximum Gasteiger partial charge on any atom is 0.409 e. The number of aromatic nitrogens is 4. The standard InChI is InChI=1S/C64H73N11O10/c1-40-35-75(58(77)45-18-22-54(83-6)53(32-45)74-30-26-55(76)67-61(74)79)41(2)34-73(40)36-42-24-28-72(29-25-42)60-66-52-21-17-44(51-38-69(3)59(78)56-49(51)23-27-65-56)31-50(52)57(68-60)64(85-48-19-20-48,46-15-11-8-12-16-46)33-47(71(5)62(80)81)37-70(4)63(82)84-39-43-13-9-7-10-14-43/h7-18,21-23,27,31-32,38,40-42,47-48,65H,19-20,24-26,28-30,33-37,39H2,1-6H3,(H,80,81)(H,67,76,79)/t40-,41+,47?,64?/m0/s1. The van der Waals surface area contributed by atoms with Gasteiger partial charge < -0.3 is 48.5 Å². The number of carbonyl (C=O) groups excluding carboxylic acids is 4. The molecule has 444 valence electrons. The van der Waals surface area contributed by atoms with Crippen LogP contribution in [0.1, 0.15) is 79.6 Å². The normalized spacial score (nSPS) is 18.9. The lowest BCUT2D eigenvalue weighted by Gasteiger charge is -2.46. The second-order valence-corrected chi connectivity index (χ2v) is 23.2. The largest absolute Gasteiger partial charge is 0.495 e. The van der Waals surface area contributed by atoms with Crippen molar-refractivity contribution in [2.45, 2.75) is 88.8 Å². The molecule has 21 nitrogen and oxygen atoms in total. The molecule has 6 amide bonds. The summed E-state index contributed by atoms with van der Waals surface area (Å²) in [6.07, 6.45) is 5.10. The molecule has 11 rings (SSSR count). The van der Waals surface area contributed by atoms with E-state index in [-0.39, 0.29) is 68.1 Å². The minimum Gasteiger partial charge on any atom is -0.495 e. The number of hydrogen-bond acceptors (Lipinski definition) is 13. The van der Waals surface area contributed by atoms with Crippen LogP contribution in [0.2, 0.25) is 0 Å². The van der Waals surface area contributed by atoms with Gasteiger partial charge in [-0.05, 0) is 98.5 Å². The van der Waals surface area contributed by atoms with Crippen molar-refractivity contribution in [1.29, 1.82) is 0 Å². The minimum atomic E-state index is -1.40. The maximum atomic E-state index is 14.3. The van der Waals surface area contributed by atoms with Crippen LogP contribution in [-0.4, -0.2) is 166 Å². The van der Waals surface area contributed by atoms with E-state index in [0.717, 1.165) is 59.9 Å². The van der Waals surface area contributed by atoms with Gasteiger partial charge in [-0.1, -0.05) is 66.7 Å². The molecule has 0 spiro atoms. The predicted molar refractivity (Wildman–Crippen MR) is 322 cm³/mol. The highest BCUT2D eigenvalue weighted by molar-refractivity contribution is 6.07. The van der Waals surface area contributed by atoms with Crippen molar-refractivity contribution >= 4 is 63.5 Å². The third kappa shape index (κ3) is 12.1. The summed E-state index contributed by atoms with van der Waals surface area (Å²) in [7, 11) is 6.36. The number of ether oxygens (including phenoxy) is 3. The van der Waals surface area contributed by atoms with Gasteiger partial charge in [-0.2, -0.15) is 0 Å². The van der Waals surface area contributed by atoms with Crippen molar-refractivity contribution in [3.8, 4) is 16.9 Å². The van der Waals surface area contributed by atoms with Crippen LogP contribution in [0.4, 0.5) is 26.0 Å². The summed E-state index contributed by atoms with van der Waals surface area (Å²) < 4.78 is 20.4. The molecule has 85 heavy (non-hydrogen) atoms. The topological polar surface area (TPSA) is 228 Å². The van der Waals surface area contributed by atoms with E-state index in [1.54, 1.807) is 43.1 Å². The van der Waals surface area contributed by atoms with E-state index in [4.69, 9.17) is 24.2 Å². The molecule has 4 fully saturated rings. The molecule has 0 bridgehead atoms. The first-order chi connectivity index (χ1) is 41.0. The number of pyridine rings is 1. The number of imide groups is 1. The lowest BCUT2D eigenvalue weighted by molar-refractivity contribution is -0.120. The van der Waals surface area contributed by atoms with Crippen molar-refractivity contribution < 1.29 is 43.3 Å². The summed E-state index contributed by atoms with van der Waals surface area (Å²) in [6, 6.07) is 30.7. The maximum absolute atomic E-state index is 14.3. The van der Waals surface area contributed by atoms with E-state index in [0.29, 0.717) is 77.2 Å². The van der Waals surface area contributed by atoms with Gasteiger partial charge in [0.15, 0.2) is 0 Å². The van der Waals surface area contributed by atoms with Crippen LogP contribution in [0.15, 0.2) is 120 Å². The zero-order valence-corrected chi connectivity index (χ0v) is 48.9. The van der Waals surface area contributed by atoms with Crippen LogP contribution in [0.25, 0.3) is 32.9 Å². The summed E-state index contributed by atoms with van der Waals surface area (Å²) in [4.78, 5) is 104. The van der Waals surface area contributed by atoms with Crippen LogP contribution < -0.4 is 25.4 Å². The summed E-state index contributed by atoms with van der Waals surface area (Å²) >= 11 is 0. The first-order valence-electron chi connectivity index (χ1n) is 29.2. The third-order valence-electron chi connectivity index (χ3n) is 17.3. The summed E-state index contributed by atoms with van der Waals surface area (Å²) in [5.74, 6) is 0.781. The average Bonchev–Trinajstić information content (AvgIpc) is 1.94. The van der Waals surface area contributed by atoms with Crippen molar-refractivity contribution in [2.75, 3.05) is 76.8 Å². The molecular formula is C64H73N11O10. The second kappa shape index (κ2) is 24.4. The van der Waals surface area contributed by atoms with Crippen molar-refractivity contribution in [3.05, 3.63) is 148 Å². The van der Waals surface area contributed by atoms with E-state index in [2.05, 4.69) is 33.9 Å². The number of anilines is 2. The van der Waals surface area contributed by atoms with Crippen LogP contribution in [-0.2, 0) is 33.5 Å². The molecule has 2 unspecified atom stereocenters. The van der Waals surface area contributed by atoms with E-state index in [1.807, 2.05) is 96.0 Å². The van der Waals surface area contributed by atoms with Gasteiger partial charge in [-0.25, -0.2) is 24.4 Å². The quantitative estimate of drug-likeness (QED) is 0.0733. The van der Waals surface area contributed by atoms with Crippen LogP contribution in [0.3, 0.4) is 0 Å². The van der Waals surface area contributed by atoms with E-state index >= 15 is 0 Å². The van der Waals surface area contributed by atoms with Crippen molar-refractivity contribution in [1.82, 2.24) is 44.4 Å². The number of H-pyrrole nitrogens is 1. The highest BCUT2D eigenvalue weighted by Crippen LogP contribution is 2.47. The zero-order chi connectivity index (χ0) is 59.7. The summed E-state index contributed by atoms with van der Waals surface area (Å²) in [5, 5.41) is 14.6. The fourth-order valence-electron chi connectivity index (χ4n) is 12.3. The molecule has 21 heteroatoms. The van der Waals surface area contributed by atoms with Gasteiger partial charge in [0.25, 0.3) is 11.5 Å². The number of hydrogen-bond donors (Lipinski definition) is 3. The van der Waals surface area contributed by atoms with Gasteiger partial charge in [0.05, 0.1) is 36.2 Å². The highest BCUT2D eigenvalue weighted by atomic mass is 16.6. The van der Waals surface area contributed by atoms with Gasteiger partial charge in [-0.15, -0.1) is 0 Å². The second-order valence-electron chi connectivity index (χ2n) is 23.2. The number of aromatic amines is 1. The molecule has 3 saturated heterocycles. The third-order valence-corrected chi connectivity index (χ3v) is 17.3. The molecule has 1 saturated carbocycles. The molecule has 6 heterocycles. The Morgan fingerprint density at radius 1 is 0.847 bits per heavy atom. The Morgan fingerprint density at radius 2 is 1.59 bits per heavy atom. The van der Waals surface area contributed by atoms with Crippen LogP contribution >= 0.6 is 0 Å². The van der Waals surface area contributed by atoms with Gasteiger partial charge >= 0.3 is 18.2 Å². The number of amides is 6. The van der Waals surface area contributed by atoms with Crippen LogP contribution in [0, 0.1) is 5.92 Å². The van der Waals surface area contributed by atoms with Gasteiger partial charge in [-0.3, -0.25) is 29.5 Å². The molecule has 7 aromatic rings. The van der Waals surface area contributed by atoms with Crippen LogP contribution in [0.5, 0.6) is 5.75 Å². The molecule has 1 aliphatic carbocycles. The Morgan fingerprint density at radius 3 is 2.29 bits per heavy atom. The Labute approximate surface area is 493 Å².